The van der Waals surface area contributed by atoms with Gasteiger partial charge >= 0.3 is 0 Å². The number of hydrogen-bond acceptors (Lipinski definition) is 5. The third-order valence-corrected chi connectivity index (χ3v) is 2.62. The van der Waals surface area contributed by atoms with E-state index in [-0.39, 0.29) is 0 Å². The minimum atomic E-state index is -0.622. The van der Waals surface area contributed by atoms with Crippen molar-refractivity contribution >= 4 is 0 Å². The van der Waals surface area contributed by atoms with Crippen molar-refractivity contribution in [3.05, 3.63) is 23.8 Å². The molecule has 0 aromatic heterocycles. The highest BCUT2D eigenvalue weighted by Crippen LogP contribution is 2.29. The van der Waals surface area contributed by atoms with E-state index in [1.165, 1.54) is 0 Å². The Kier molecular flexibility index (Phi) is 6.49. The van der Waals surface area contributed by atoms with E-state index >= 15 is 0 Å². The van der Waals surface area contributed by atoms with Crippen LogP contribution in [0.3, 0.4) is 0 Å². The lowest BCUT2D eigenvalue weighted by Crippen LogP contribution is -2.25. The van der Waals surface area contributed by atoms with E-state index in [9.17, 15) is 5.11 Å². The summed E-state index contributed by atoms with van der Waals surface area (Å²) >= 11 is 0. The largest absolute Gasteiger partial charge is 0.497 e. The molecule has 1 unspecified atom stereocenters. The Bertz CT molecular complexity index is 357. The van der Waals surface area contributed by atoms with Gasteiger partial charge in [-0.15, -0.1) is 0 Å². The number of methoxy groups -OCH3 is 3. The molecule has 5 nitrogen and oxygen atoms in total. The molecule has 1 rings (SSSR count). The smallest absolute Gasteiger partial charge is 0.128 e. The number of aliphatic hydroxyl groups is 1. The number of hydrogen-bond donors (Lipinski definition) is 2. The van der Waals surface area contributed by atoms with E-state index in [0.29, 0.717) is 31.2 Å². The highest BCUT2D eigenvalue weighted by Gasteiger charge is 2.13. The molecule has 0 saturated heterocycles. The lowest BCUT2D eigenvalue weighted by atomic mass is 10.1. The predicted molar refractivity (Wildman–Crippen MR) is 69.3 cm³/mol. The molecule has 1 atom stereocenters. The van der Waals surface area contributed by atoms with Gasteiger partial charge in [0.2, 0.25) is 0 Å². The van der Waals surface area contributed by atoms with Crippen molar-refractivity contribution in [2.75, 3.05) is 41.0 Å². The number of aliphatic hydroxyl groups excluding tert-OH is 1. The molecule has 5 heteroatoms. The molecule has 1 aromatic rings. The van der Waals surface area contributed by atoms with Gasteiger partial charge in [0, 0.05) is 31.8 Å². The Morgan fingerprint density at radius 2 is 2.00 bits per heavy atom. The first-order valence-corrected chi connectivity index (χ1v) is 5.82. The molecular formula is C13H21NO4. The third-order valence-electron chi connectivity index (χ3n) is 2.62. The van der Waals surface area contributed by atoms with Gasteiger partial charge in [-0.1, -0.05) is 0 Å². The number of nitrogens with one attached hydrogen (secondary N) is 1. The van der Waals surface area contributed by atoms with E-state index in [1.807, 2.05) is 0 Å². The second-order valence-corrected chi connectivity index (χ2v) is 3.82. The van der Waals surface area contributed by atoms with Crippen LogP contribution in [0.4, 0.5) is 0 Å². The SMILES string of the molecule is COCCNCC(O)c1ccc(OC)cc1OC. The summed E-state index contributed by atoms with van der Waals surface area (Å²) in [5.74, 6) is 1.32. The van der Waals surface area contributed by atoms with Gasteiger partial charge in [-0.2, -0.15) is 0 Å². The fourth-order valence-corrected chi connectivity index (χ4v) is 1.62. The Balaban J connectivity index is 2.63. The molecule has 102 valence electrons. The lowest BCUT2D eigenvalue weighted by molar-refractivity contribution is 0.158. The number of ether oxygens (including phenoxy) is 3. The monoisotopic (exact) mass is 255 g/mol. The first kappa shape index (κ1) is 14.8. The molecule has 0 radical (unpaired) electrons. The maximum Gasteiger partial charge on any atom is 0.128 e. The average Bonchev–Trinajstić information content (AvgIpc) is 2.42. The standard InChI is InChI=1S/C13H21NO4/c1-16-7-6-14-9-12(15)11-5-4-10(17-2)8-13(11)18-3/h4-5,8,12,14-15H,6-7,9H2,1-3H3. The maximum atomic E-state index is 10.1. The highest BCUT2D eigenvalue weighted by atomic mass is 16.5. The van der Waals surface area contributed by atoms with Crippen molar-refractivity contribution in [1.82, 2.24) is 5.32 Å². The van der Waals surface area contributed by atoms with Crippen LogP contribution in [0.15, 0.2) is 18.2 Å². The van der Waals surface area contributed by atoms with Gasteiger partial charge in [0.25, 0.3) is 0 Å². The van der Waals surface area contributed by atoms with E-state index < -0.39 is 6.10 Å². The van der Waals surface area contributed by atoms with Crippen LogP contribution < -0.4 is 14.8 Å². The van der Waals surface area contributed by atoms with Crippen molar-refractivity contribution < 1.29 is 19.3 Å². The van der Waals surface area contributed by atoms with Crippen molar-refractivity contribution in [3.63, 3.8) is 0 Å². The molecule has 0 fully saturated rings. The van der Waals surface area contributed by atoms with Crippen LogP contribution in [0.5, 0.6) is 11.5 Å². The second kappa shape index (κ2) is 7.92. The fourth-order valence-electron chi connectivity index (χ4n) is 1.62. The molecule has 0 spiro atoms. The predicted octanol–water partition coefficient (Wildman–Crippen LogP) is 0.973. The summed E-state index contributed by atoms with van der Waals surface area (Å²) < 4.78 is 15.3. The Morgan fingerprint density at radius 1 is 1.22 bits per heavy atom. The van der Waals surface area contributed by atoms with E-state index in [4.69, 9.17) is 14.2 Å². The zero-order chi connectivity index (χ0) is 13.4. The molecule has 0 aliphatic heterocycles. The number of benzene rings is 1. The zero-order valence-electron chi connectivity index (χ0n) is 11.1. The molecule has 0 saturated carbocycles. The highest BCUT2D eigenvalue weighted by molar-refractivity contribution is 5.42. The molecule has 0 aliphatic rings. The summed E-state index contributed by atoms with van der Waals surface area (Å²) in [5, 5.41) is 13.2. The quantitative estimate of drug-likeness (QED) is 0.678. The summed E-state index contributed by atoms with van der Waals surface area (Å²) in [6.07, 6.45) is -0.622. The van der Waals surface area contributed by atoms with Gasteiger partial charge in [0.1, 0.15) is 11.5 Å². The van der Waals surface area contributed by atoms with Crippen LogP contribution in [0.1, 0.15) is 11.7 Å². The van der Waals surface area contributed by atoms with Gasteiger partial charge in [-0.25, -0.2) is 0 Å². The van der Waals surface area contributed by atoms with E-state index in [2.05, 4.69) is 5.32 Å². The molecule has 0 bridgehead atoms. The first-order chi connectivity index (χ1) is 8.72. The summed E-state index contributed by atoms with van der Waals surface area (Å²) in [4.78, 5) is 0. The van der Waals surface area contributed by atoms with Crippen LogP contribution in [-0.2, 0) is 4.74 Å². The normalized spacial score (nSPS) is 12.2. The van der Waals surface area contributed by atoms with Crippen molar-refractivity contribution in [1.29, 1.82) is 0 Å². The minimum absolute atomic E-state index is 0.450. The molecule has 0 amide bonds. The molecule has 1 aromatic carbocycles. The van der Waals surface area contributed by atoms with Crippen LogP contribution in [0.2, 0.25) is 0 Å². The molecular weight excluding hydrogens is 234 g/mol. The zero-order valence-corrected chi connectivity index (χ0v) is 11.1. The van der Waals surface area contributed by atoms with Gasteiger partial charge < -0.3 is 24.6 Å². The minimum Gasteiger partial charge on any atom is -0.497 e. The lowest BCUT2D eigenvalue weighted by Gasteiger charge is -2.16. The topological polar surface area (TPSA) is 60.0 Å². The van der Waals surface area contributed by atoms with Gasteiger partial charge in [-0.05, 0) is 12.1 Å². The summed E-state index contributed by atoms with van der Waals surface area (Å²) in [6, 6.07) is 5.37. The maximum absolute atomic E-state index is 10.1. The van der Waals surface area contributed by atoms with Gasteiger partial charge in [-0.3, -0.25) is 0 Å². The molecule has 0 heterocycles. The van der Waals surface area contributed by atoms with Crippen molar-refractivity contribution in [2.24, 2.45) is 0 Å². The van der Waals surface area contributed by atoms with E-state index in [1.54, 1.807) is 39.5 Å². The Morgan fingerprint density at radius 3 is 2.61 bits per heavy atom. The van der Waals surface area contributed by atoms with Crippen molar-refractivity contribution in [2.45, 2.75) is 6.10 Å². The average molecular weight is 255 g/mol. The summed E-state index contributed by atoms with van der Waals surface area (Å²) in [5.41, 5.74) is 0.739. The van der Waals surface area contributed by atoms with Crippen LogP contribution in [-0.4, -0.2) is 46.1 Å². The molecule has 2 N–H and O–H groups in total. The van der Waals surface area contributed by atoms with Gasteiger partial charge in [0.15, 0.2) is 0 Å². The van der Waals surface area contributed by atoms with Crippen LogP contribution in [0.25, 0.3) is 0 Å². The van der Waals surface area contributed by atoms with Crippen molar-refractivity contribution in [3.8, 4) is 11.5 Å². The van der Waals surface area contributed by atoms with Crippen LogP contribution >= 0.6 is 0 Å². The van der Waals surface area contributed by atoms with E-state index in [0.717, 1.165) is 5.56 Å². The molecule has 0 aliphatic carbocycles. The fraction of sp³-hybridized carbons (Fsp3) is 0.538. The number of rotatable bonds is 8. The van der Waals surface area contributed by atoms with Crippen LogP contribution in [0, 0.1) is 0 Å². The summed E-state index contributed by atoms with van der Waals surface area (Å²) in [7, 11) is 4.81. The molecule has 18 heavy (non-hydrogen) atoms. The second-order valence-electron chi connectivity index (χ2n) is 3.82. The Hall–Kier alpha value is -1.30. The first-order valence-electron chi connectivity index (χ1n) is 5.82. The Labute approximate surface area is 108 Å². The summed E-state index contributed by atoms with van der Waals surface area (Å²) in [6.45, 7) is 1.77. The van der Waals surface area contributed by atoms with Gasteiger partial charge in [0.05, 0.1) is 26.9 Å². The third kappa shape index (κ3) is 4.18.